The molecule has 0 amide bonds. The highest BCUT2D eigenvalue weighted by molar-refractivity contribution is 5.89. The molecule has 0 unspecified atom stereocenters. The highest BCUT2D eigenvalue weighted by atomic mass is 16.6. The van der Waals surface area contributed by atoms with Crippen molar-refractivity contribution in [1.82, 2.24) is 0 Å². The minimum atomic E-state index is -0.881. The summed E-state index contributed by atoms with van der Waals surface area (Å²) in [6, 6.07) is 16.0. The van der Waals surface area contributed by atoms with Gasteiger partial charge in [-0.2, -0.15) is 0 Å². The lowest BCUT2D eigenvalue weighted by atomic mass is 10.2. The van der Waals surface area contributed by atoms with E-state index in [2.05, 4.69) is 0 Å². The van der Waals surface area contributed by atoms with Crippen molar-refractivity contribution in [2.45, 2.75) is 25.9 Å². The second-order valence-electron chi connectivity index (χ2n) is 13.0. The second kappa shape index (κ2) is 41.4. The smallest absolute Gasteiger partial charge is 0.338 e. The summed E-state index contributed by atoms with van der Waals surface area (Å²) in [4.78, 5) is 35.0. The van der Waals surface area contributed by atoms with E-state index in [1.54, 1.807) is 24.3 Å². The van der Waals surface area contributed by atoms with Crippen LogP contribution in [-0.2, 0) is 77.8 Å². The molecule has 0 bridgehead atoms. The van der Waals surface area contributed by atoms with Gasteiger partial charge in [0.1, 0.15) is 19.0 Å². The fourth-order valence-electron chi connectivity index (χ4n) is 4.81. The van der Waals surface area contributed by atoms with Crippen molar-refractivity contribution in [2.24, 2.45) is 0 Å². The molecule has 2 aromatic rings. The highest BCUT2D eigenvalue weighted by Gasteiger charge is 2.10. The zero-order chi connectivity index (χ0) is 44.2. The number of ketones is 1. The molecule has 18 nitrogen and oxygen atoms in total. The van der Waals surface area contributed by atoms with E-state index in [1.165, 1.54) is 0 Å². The number of Topliss-reactive ketones (excluding diaryl/α,β-unsaturated/α-hetero) is 1. The molecular formula is C44H68O18. The molecule has 0 radical (unpaired) electrons. The highest BCUT2D eigenvalue weighted by Crippen LogP contribution is 2.15. The topological polar surface area (TPSA) is 201 Å². The summed E-state index contributed by atoms with van der Waals surface area (Å²) in [5.74, 6) is -0.972. The predicted molar refractivity (Wildman–Crippen MR) is 224 cm³/mol. The first-order valence-electron chi connectivity index (χ1n) is 21.1. The zero-order valence-corrected chi connectivity index (χ0v) is 36.1. The Morgan fingerprint density at radius 1 is 0.419 bits per heavy atom. The van der Waals surface area contributed by atoms with Gasteiger partial charge in [0.25, 0.3) is 0 Å². The van der Waals surface area contributed by atoms with Crippen molar-refractivity contribution in [1.29, 1.82) is 0 Å². The van der Waals surface area contributed by atoms with Gasteiger partial charge < -0.3 is 71.4 Å². The number of hydrogen-bond acceptors (Lipinski definition) is 17. The Hall–Kier alpha value is -3.63. The van der Waals surface area contributed by atoms with Crippen LogP contribution in [0.3, 0.4) is 0 Å². The molecule has 1 N–H and O–H groups in total. The van der Waals surface area contributed by atoms with E-state index in [0.29, 0.717) is 176 Å². The number of carbonyl (C=O) groups is 3. The van der Waals surface area contributed by atoms with Gasteiger partial charge in [-0.15, -0.1) is 0 Å². The van der Waals surface area contributed by atoms with Gasteiger partial charge in [-0.1, -0.05) is 36.4 Å². The number of carboxylic acids is 1. The van der Waals surface area contributed by atoms with Crippen molar-refractivity contribution < 1.29 is 85.8 Å². The molecule has 2 rings (SSSR count). The summed E-state index contributed by atoms with van der Waals surface area (Å²) in [7, 11) is 0. The summed E-state index contributed by atoms with van der Waals surface area (Å²) in [5, 5.41) is 8.51. The van der Waals surface area contributed by atoms with Crippen LogP contribution in [-0.4, -0.2) is 188 Å². The molecule has 0 fully saturated rings. The molecule has 0 aliphatic heterocycles. The lowest BCUT2D eigenvalue weighted by molar-refractivity contribution is -0.138. The summed E-state index contributed by atoms with van der Waals surface area (Å²) in [6.45, 7) is 10.6. The maximum absolute atomic E-state index is 12.4. The molecule has 2 aromatic carbocycles. The van der Waals surface area contributed by atoms with Crippen molar-refractivity contribution in [2.75, 3.05) is 165 Å². The number of benzene rings is 2. The Morgan fingerprint density at radius 2 is 0.806 bits per heavy atom. The van der Waals surface area contributed by atoms with Crippen LogP contribution in [0.1, 0.15) is 35.2 Å². The molecule has 0 aliphatic rings. The van der Waals surface area contributed by atoms with Gasteiger partial charge in [-0.05, 0) is 30.2 Å². The zero-order valence-electron chi connectivity index (χ0n) is 36.1. The first kappa shape index (κ1) is 54.5. The van der Waals surface area contributed by atoms with E-state index in [1.807, 2.05) is 30.3 Å². The minimum absolute atomic E-state index is 0.0107. The summed E-state index contributed by atoms with van der Waals surface area (Å²) >= 11 is 0. The number of ether oxygens (including phenoxy) is 14. The number of aliphatic carboxylic acids is 1. The van der Waals surface area contributed by atoms with Crippen LogP contribution in [0.15, 0.2) is 54.6 Å². The number of carbonyl (C=O) groups excluding carboxylic acids is 2. The van der Waals surface area contributed by atoms with E-state index in [0.717, 1.165) is 5.56 Å². The Bertz CT molecular complexity index is 1350. The number of esters is 1. The Kier molecular flexibility index (Phi) is 36.4. The van der Waals surface area contributed by atoms with E-state index < -0.39 is 11.9 Å². The van der Waals surface area contributed by atoms with Crippen molar-refractivity contribution in [3.8, 4) is 5.75 Å². The SMILES string of the molecule is O=C(O)CCOCCOCCOCCOCCOCCOCCOCCOCCOCCOCCOCCOCCCC(=O)COc1cccc(C(=O)OCc2ccccc2)c1. The summed E-state index contributed by atoms with van der Waals surface area (Å²) in [6.07, 6.45) is 0.882. The Morgan fingerprint density at radius 3 is 1.21 bits per heavy atom. The average molecular weight is 885 g/mol. The molecule has 62 heavy (non-hydrogen) atoms. The third-order valence-electron chi connectivity index (χ3n) is 7.98. The van der Waals surface area contributed by atoms with Crippen LogP contribution in [0.25, 0.3) is 0 Å². The van der Waals surface area contributed by atoms with Gasteiger partial charge in [0.2, 0.25) is 0 Å². The first-order chi connectivity index (χ1) is 30.5. The minimum Gasteiger partial charge on any atom is -0.486 e. The standard InChI is InChI=1S/C44H68O18/c45-41(38-61-42-10-4-8-40(36-42)44(48)62-37-39-6-2-1-3-7-39)9-5-12-49-14-16-51-18-20-53-22-24-55-26-28-57-30-32-59-34-35-60-33-31-58-29-27-56-25-23-54-21-19-52-17-15-50-13-11-43(46)47/h1-4,6-8,10,36H,5,9,11-35,37-38H2,(H,46,47). The van der Waals surface area contributed by atoms with Gasteiger partial charge in [-0.3, -0.25) is 9.59 Å². The number of hydrogen-bond donors (Lipinski definition) is 1. The molecule has 0 aliphatic carbocycles. The van der Waals surface area contributed by atoms with E-state index in [-0.39, 0.29) is 32.0 Å². The van der Waals surface area contributed by atoms with Crippen LogP contribution < -0.4 is 4.74 Å². The largest absolute Gasteiger partial charge is 0.486 e. The molecule has 0 heterocycles. The van der Waals surface area contributed by atoms with Crippen molar-refractivity contribution in [3.05, 3.63) is 65.7 Å². The van der Waals surface area contributed by atoms with Gasteiger partial charge in [-0.25, -0.2) is 4.79 Å². The van der Waals surface area contributed by atoms with Crippen LogP contribution in [0.5, 0.6) is 5.75 Å². The number of rotatable bonds is 46. The van der Waals surface area contributed by atoms with Crippen molar-refractivity contribution in [3.63, 3.8) is 0 Å². The van der Waals surface area contributed by atoms with E-state index >= 15 is 0 Å². The maximum atomic E-state index is 12.4. The quantitative estimate of drug-likeness (QED) is 0.0748. The van der Waals surface area contributed by atoms with Gasteiger partial charge in [0, 0.05) is 13.0 Å². The molecule has 352 valence electrons. The lowest BCUT2D eigenvalue weighted by Gasteiger charge is -2.09. The van der Waals surface area contributed by atoms with Crippen LogP contribution in [0.4, 0.5) is 0 Å². The Labute approximate surface area is 365 Å². The fourth-order valence-corrected chi connectivity index (χ4v) is 4.81. The molecule has 0 saturated heterocycles. The molecular weight excluding hydrogens is 816 g/mol. The maximum Gasteiger partial charge on any atom is 0.338 e. The second-order valence-corrected chi connectivity index (χ2v) is 13.0. The molecule has 0 spiro atoms. The average Bonchev–Trinajstić information content (AvgIpc) is 3.28. The molecule has 0 aromatic heterocycles. The first-order valence-corrected chi connectivity index (χ1v) is 21.1. The molecule has 18 heteroatoms. The van der Waals surface area contributed by atoms with Crippen LogP contribution in [0.2, 0.25) is 0 Å². The normalized spacial score (nSPS) is 11.2. The number of carboxylic acid groups (broad SMARTS) is 1. The van der Waals surface area contributed by atoms with Crippen LogP contribution in [0, 0.1) is 0 Å². The van der Waals surface area contributed by atoms with Gasteiger partial charge in [0.05, 0.1) is 164 Å². The predicted octanol–water partition coefficient (Wildman–Crippen LogP) is 3.45. The third kappa shape index (κ3) is 34.9. The van der Waals surface area contributed by atoms with Crippen LogP contribution >= 0.6 is 0 Å². The van der Waals surface area contributed by atoms with E-state index in [4.69, 9.17) is 71.4 Å². The van der Waals surface area contributed by atoms with Crippen molar-refractivity contribution >= 4 is 17.7 Å². The molecule has 0 saturated carbocycles. The van der Waals surface area contributed by atoms with E-state index in [9.17, 15) is 14.4 Å². The monoisotopic (exact) mass is 884 g/mol. The fraction of sp³-hybridized carbons (Fsp3) is 0.659. The van der Waals surface area contributed by atoms with Gasteiger partial charge >= 0.3 is 11.9 Å². The molecule has 0 atom stereocenters. The summed E-state index contributed by atoms with van der Waals surface area (Å²) in [5.41, 5.74) is 1.25. The summed E-state index contributed by atoms with van der Waals surface area (Å²) < 4.78 is 76.2. The lowest BCUT2D eigenvalue weighted by Crippen LogP contribution is -2.15. The Balaban J connectivity index is 1.20. The van der Waals surface area contributed by atoms with Gasteiger partial charge in [0.15, 0.2) is 5.78 Å². The third-order valence-corrected chi connectivity index (χ3v) is 7.98.